The molecule has 1 atom stereocenters. The Labute approximate surface area is 201 Å². The zero-order valence-corrected chi connectivity index (χ0v) is 19.0. The first kappa shape index (κ1) is 22.4. The van der Waals surface area contributed by atoms with E-state index in [4.69, 9.17) is 0 Å². The van der Waals surface area contributed by atoms with Crippen molar-refractivity contribution in [2.45, 2.75) is 13.0 Å². The summed E-state index contributed by atoms with van der Waals surface area (Å²) in [6.45, 7) is 1.87. The second kappa shape index (κ2) is 8.41. The first-order valence-electron chi connectivity index (χ1n) is 10.4. The van der Waals surface area contributed by atoms with Crippen molar-refractivity contribution in [3.05, 3.63) is 105 Å². The normalized spacial score (nSPS) is 17.3. The van der Waals surface area contributed by atoms with Crippen molar-refractivity contribution < 1.29 is 24.0 Å². The molecule has 35 heavy (non-hydrogen) atoms. The smallest absolute Gasteiger partial charge is 0.301 e. The average Bonchev–Trinajstić information content (AvgIpc) is 3.37. The van der Waals surface area contributed by atoms with Crippen LogP contribution in [-0.4, -0.2) is 26.7 Å². The van der Waals surface area contributed by atoms with E-state index in [1.165, 1.54) is 42.5 Å². The Hall–Kier alpha value is -4.44. The molecule has 1 unspecified atom stereocenters. The van der Waals surface area contributed by atoms with E-state index >= 15 is 0 Å². The molecule has 0 radical (unpaired) electrons. The summed E-state index contributed by atoms with van der Waals surface area (Å²) in [7, 11) is 0. The van der Waals surface area contributed by atoms with Crippen LogP contribution in [0.15, 0.2) is 72.3 Å². The standard InChI is InChI=1S/C25H16FN3O5S/c1-13-2-4-15(5-3-13)22(30)20-21(14-6-9-17(10-7-14)29(33)34)28(24(32)23(20)31)25-27-18-11-8-16(26)12-19(18)35-25/h2-12,21,30H,1H3/b22-20+. The second-order valence-electron chi connectivity index (χ2n) is 7.99. The van der Waals surface area contributed by atoms with Gasteiger partial charge < -0.3 is 5.11 Å². The number of thiazole rings is 1. The molecule has 174 valence electrons. The minimum Gasteiger partial charge on any atom is -0.507 e. The number of aliphatic hydroxyl groups excluding tert-OH is 1. The molecule has 5 rings (SSSR count). The van der Waals surface area contributed by atoms with Crippen molar-refractivity contribution in [1.29, 1.82) is 0 Å². The maximum absolute atomic E-state index is 13.7. The Balaban J connectivity index is 1.72. The fraction of sp³-hybridized carbons (Fsp3) is 0.0800. The maximum atomic E-state index is 13.7. The van der Waals surface area contributed by atoms with Crippen LogP contribution in [0.25, 0.3) is 16.0 Å². The number of rotatable bonds is 4. The fourth-order valence-corrected chi connectivity index (χ4v) is 5.00. The van der Waals surface area contributed by atoms with E-state index in [1.807, 2.05) is 6.92 Å². The van der Waals surface area contributed by atoms with Gasteiger partial charge in [0.05, 0.1) is 26.8 Å². The highest BCUT2D eigenvalue weighted by Crippen LogP contribution is 2.44. The number of aromatic nitrogens is 1. The molecule has 1 N–H and O–H groups in total. The van der Waals surface area contributed by atoms with E-state index in [1.54, 1.807) is 24.3 Å². The van der Waals surface area contributed by atoms with Gasteiger partial charge in [0.1, 0.15) is 11.6 Å². The maximum Gasteiger partial charge on any atom is 0.301 e. The number of halogens is 1. The van der Waals surface area contributed by atoms with Crippen molar-refractivity contribution in [2.24, 2.45) is 0 Å². The number of aliphatic hydroxyl groups is 1. The van der Waals surface area contributed by atoms with Crippen LogP contribution in [0.2, 0.25) is 0 Å². The van der Waals surface area contributed by atoms with Gasteiger partial charge in [0.25, 0.3) is 11.5 Å². The Bertz CT molecular complexity index is 1540. The summed E-state index contributed by atoms with van der Waals surface area (Å²) in [6, 6.07) is 15.0. The lowest BCUT2D eigenvalue weighted by atomic mass is 9.95. The minimum atomic E-state index is -1.09. The third-order valence-electron chi connectivity index (χ3n) is 5.73. The molecular weight excluding hydrogens is 473 g/mol. The lowest BCUT2D eigenvalue weighted by molar-refractivity contribution is -0.384. The number of amides is 1. The van der Waals surface area contributed by atoms with Gasteiger partial charge in [-0.15, -0.1) is 0 Å². The molecule has 1 aliphatic rings. The van der Waals surface area contributed by atoms with Gasteiger partial charge >= 0.3 is 5.91 Å². The number of non-ortho nitro benzene ring substituents is 1. The fourth-order valence-electron chi connectivity index (χ4n) is 3.98. The van der Waals surface area contributed by atoms with Gasteiger partial charge in [-0.05, 0) is 42.8 Å². The molecule has 10 heteroatoms. The van der Waals surface area contributed by atoms with Crippen molar-refractivity contribution >= 4 is 49.8 Å². The Morgan fingerprint density at radius 1 is 1.09 bits per heavy atom. The third-order valence-corrected chi connectivity index (χ3v) is 6.75. The Morgan fingerprint density at radius 2 is 1.77 bits per heavy atom. The molecule has 1 aliphatic heterocycles. The van der Waals surface area contributed by atoms with Gasteiger partial charge in [0.15, 0.2) is 5.13 Å². The van der Waals surface area contributed by atoms with E-state index in [9.17, 15) is 29.2 Å². The molecule has 4 aromatic rings. The molecule has 1 fully saturated rings. The predicted octanol–water partition coefficient (Wildman–Crippen LogP) is 5.28. The second-order valence-corrected chi connectivity index (χ2v) is 9.00. The van der Waals surface area contributed by atoms with Crippen LogP contribution in [0.1, 0.15) is 22.7 Å². The van der Waals surface area contributed by atoms with Gasteiger partial charge in [0, 0.05) is 17.7 Å². The van der Waals surface area contributed by atoms with E-state index in [0.717, 1.165) is 21.8 Å². The van der Waals surface area contributed by atoms with Crippen molar-refractivity contribution in [3.63, 3.8) is 0 Å². The van der Waals surface area contributed by atoms with Crippen LogP contribution in [0, 0.1) is 22.9 Å². The summed E-state index contributed by atoms with van der Waals surface area (Å²) in [5.41, 5.74) is 1.75. The van der Waals surface area contributed by atoms with Gasteiger partial charge in [0.2, 0.25) is 0 Å². The van der Waals surface area contributed by atoms with Crippen LogP contribution >= 0.6 is 11.3 Å². The molecule has 0 aliphatic carbocycles. The van der Waals surface area contributed by atoms with Crippen molar-refractivity contribution in [1.82, 2.24) is 4.98 Å². The molecule has 0 saturated carbocycles. The summed E-state index contributed by atoms with van der Waals surface area (Å²) in [5.74, 6) is -2.68. The lowest BCUT2D eigenvalue weighted by Crippen LogP contribution is -2.29. The number of nitro groups is 1. The molecule has 3 aromatic carbocycles. The number of nitrogens with zero attached hydrogens (tertiary/aromatic N) is 3. The third kappa shape index (κ3) is 3.83. The molecule has 1 aromatic heterocycles. The number of nitro benzene ring substituents is 1. The highest BCUT2D eigenvalue weighted by atomic mass is 32.1. The van der Waals surface area contributed by atoms with Gasteiger partial charge in [-0.3, -0.25) is 24.6 Å². The first-order valence-corrected chi connectivity index (χ1v) is 11.2. The van der Waals surface area contributed by atoms with Gasteiger partial charge in [-0.25, -0.2) is 9.37 Å². The summed E-state index contributed by atoms with van der Waals surface area (Å²) >= 11 is 1.02. The van der Waals surface area contributed by atoms with Crippen LogP contribution in [0.3, 0.4) is 0 Å². The van der Waals surface area contributed by atoms with E-state index in [-0.39, 0.29) is 22.2 Å². The van der Waals surface area contributed by atoms with Crippen LogP contribution in [-0.2, 0) is 9.59 Å². The van der Waals surface area contributed by atoms with E-state index in [0.29, 0.717) is 21.3 Å². The summed E-state index contributed by atoms with van der Waals surface area (Å²) in [5, 5.41) is 22.4. The zero-order chi connectivity index (χ0) is 24.9. The number of carbonyl (C=O) groups is 2. The number of anilines is 1. The number of Topliss-reactive ketones (excluding diaryl/α,β-unsaturated/α-hetero) is 1. The molecule has 1 amide bonds. The number of benzene rings is 3. The van der Waals surface area contributed by atoms with Crippen LogP contribution in [0.4, 0.5) is 15.2 Å². The Kier molecular flexibility index (Phi) is 5.37. The summed E-state index contributed by atoms with van der Waals surface area (Å²) in [6.07, 6.45) is 0. The average molecular weight is 489 g/mol. The van der Waals surface area contributed by atoms with Crippen LogP contribution in [0.5, 0.6) is 0 Å². The van der Waals surface area contributed by atoms with E-state index in [2.05, 4.69) is 4.98 Å². The molecule has 0 bridgehead atoms. The molecule has 0 spiro atoms. The number of ketones is 1. The summed E-state index contributed by atoms with van der Waals surface area (Å²) in [4.78, 5) is 42.6. The predicted molar refractivity (Wildman–Crippen MR) is 129 cm³/mol. The monoisotopic (exact) mass is 489 g/mol. The first-order chi connectivity index (χ1) is 16.7. The molecule has 8 nitrogen and oxygen atoms in total. The SMILES string of the molecule is Cc1ccc(/C(O)=C2\C(=O)C(=O)N(c3nc4ccc(F)cc4s3)C2c2ccc([N+](=O)[O-])cc2)cc1. The number of carbonyl (C=O) groups excluding carboxylic acids is 2. The number of hydrogen-bond acceptors (Lipinski definition) is 7. The lowest BCUT2D eigenvalue weighted by Gasteiger charge is -2.22. The largest absolute Gasteiger partial charge is 0.507 e. The van der Waals surface area contributed by atoms with Gasteiger partial charge in [-0.1, -0.05) is 41.2 Å². The molecule has 1 saturated heterocycles. The minimum absolute atomic E-state index is 0.138. The summed E-state index contributed by atoms with van der Waals surface area (Å²) < 4.78 is 14.2. The molecule has 2 heterocycles. The van der Waals surface area contributed by atoms with E-state index < -0.39 is 28.5 Å². The highest BCUT2D eigenvalue weighted by molar-refractivity contribution is 7.22. The van der Waals surface area contributed by atoms with Gasteiger partial charge in [-0.2, -0.15) is 0 Å². The van der Waals surface area contributed by atoms with Crippen LogP contribution < -0.4 is 4.90 Å². The number of hydrogen-bond donors (Lipinski definition) is 1. The zero-order valence-electron chi connectivity index (χ0n) is 18.1. The van der Waals surface area contributed by atoms with Crippen molar-refractivity contribution in [3.8, 4) is 0 Å². The number of aryl methyl sites for hydroxylation is 1. The quantitative estimate of drug-likeness (QED) is 0.137. The number of fused-ring (bicyclic) bond motifs is 1. The topological polar surface area (TPSA) is 114 Å². The molecular formula is C25H16FN3O5S. The Morgan fingerprint density at radius 3 is 2.43 bits per heavy atom. The highest BCUT2D eigenvalue weighted by Gasteiger charge is 2.48. The van der Waals surface area contributed by atoms with Crippen molar-refractivity contribution in [2.75, 3.05) is 4.90 Å².